The zero-order valence-electron chi connectivity index (χ0n) is 12.5. The molecule has 1 amide bonds. The fourth-order valence-corrected chi connectivity index (χ4v) is 2.93. The topological polar surface area (TPSA) is 57.6 Å². The molecule has 1 aliphatic carbocycles. The number of hydrogen-bond donors (Lipinski definition) is 1. The number of rotatable bonds is 6. The molecule has 4 nitrogen and oxygen atoms in total. The van der Waals surface area contributed by atoms with Gasteiger partial charge in [-0.1, -0.05) is 43.2 Å². The SMILES string of the molecule is CC(C(=O)O)N(Cc1ccccc1)C(=O)CC1CCCC1. The third-order valence-electron chi connectivity index (χ3n) is 4.28. The third-order valence-corrected chi connectivity index (χ3v) is 4.28. The van der Waals surface area contributed by atoms with E-state index in [-0.39, 0.29) is 5.91 Å². The third kappa shape index (κ3) is 4.31. The fourth-order valence-electron chi connectivity index (χ4n) is 2.93. The maximum absolute atomic E-state index is 12.5. The molecule has 0 aliphatic heterocycles. The number of benzene rings is 1. The molecule has 0 radical (unpaired) electrons. The smallest absolute Gasteiger partial charge is 0.326 e. The van der Waals surface area contributed by atoms with E-state index in [1.165, 1.54) is 17.7 Å². The predicted molar refractivity (Wildman–Crippen MR) is 80.7 cm³/mol. The van der Waals surface area contributed by atoms with Crippen molar-refractivity contribution in [1.82, 2.24) is 4.90 Å². The van der Waals surface area contributed by atoms with Crippen molar-refractivity contribution in [1.29, 1.82) is 0 Å². The van der Waals surface area contributed by atoms with Crippen LogP contribution < -0.4 is 0 Å². The summed E-state index contributed by atoms with van der Waals surface area (Å²) in [4.78, 5) is 25.3. The van der Waals surface area contributed by atoms with Crippen LogP contribution >= 0.6 is 0 Å². The number of carbonyl (C=O) groups is 2. The van der Waals surface area contributed by atoms with Crippen molar-refractivity contribution in [2.24, 2.45) is 5.92 Å². The molecule has 1 fully saturated rings. The van der Waals surface area contributed by atoms with E-state index in [1.54, 1.807) is 6.92 Å². The van der Waals surface area contributed by atoms with Gasteiger partial charge in [-0.05, 0) is 31.2 Å². The summed E-state index contributed by atoms with van der Waals surface area (Å²) in [7, 11) is 0. The fraction of sp³-hybridized carbons (Fsp3) is 0.529. The van der Waals surface area contributed by atoms with Gasteiger partial charge < -0.3 is 10.0 Å². The summed E-state index contributed by atoms with van der Waals surface area (Å²) in [6, 6.07) is 8.77. The van der Waals surface area contributed by atoms with Gasteiger partial charge in [0.15, 0.2) is 0 Å². The van der Waals surface area contributed by atoms with Gasteiger partial charge in [0.2, 0.25) is 5.91 Å². The molecule has 21 heavy (non-hydrogen) atoms. The minimum absolute atomic E-state index is 0.0411. The first-order valence-electron chi connectivity index (χ1n) is 7.64. The maximum atomic E-state index is 12.5. The van der Waals surface area contributed by atoms with Crippen molar-refractivity contribution in [2.45, 2.75) is 51.6 Å². The van der Waals surface area contributed by atoms with E-state index >= 15 is 0 Å². The lowest BCUT2D eigenvalue weighted by molar-refractivity contribution is -0.150. The normalized spacial score (nSPS) is 16.6. The standard InChI is InChI=1S/C17H23NO3/c1-13(17(20)21)18(12-15-9-3-2-4-10-15)16(19)11-14-7-5-6-8-14/h2-4,9-10,13-14H,5-8,11-12H2,1H3,(H,20,21). The van der Waals surface area contributed by atoms with Crippen molar-refractivity contribution in [3.05, 3.63) is 35.9 Å². The van der Waals surface area contributed by atoms with E-state index in [1.807, 2.05) is 30.3 Å². The van der Waals surface area contributed by atoms with Crippen molar-refractivity contribution < 1.29 is 14.7 Å². The van der Waals surface area contributed by atoms with Gasteiger partial charge in [0.1, 0.15) is 6.04 Å². The summed E-state index contributed by atoms with van der Waals surface area (Å²) in [5.41, 5.74) is 0.963. The molecular weight excluding hydrogens is 266 g/mol. The molecule has 1 atom stereocenters. The molecule has 0 bridgehead atoms. The molecule has 2 rings (SSSR count). The second-order valence-electron chi connectivity index (χ2n) is 5.88. The Hall–Kier alpha value is -1.84. The summed E-state index contributed by atoms with van der Waals surface area (Å²) in [6.07, 6.45) is 5.03. The lowest BCUT2D eigenvalue weighted by atomic mass is 10.0. The molecule has 4 heteroatoms. The highest BCUT2D eigenvalue weighted by molar-refractivity contribution is 5.83. The Labute approximate surface area is 125 Å². The van der Waals surface area contributed by atoms with Crippen LogP contribution in [0.15, 0.2) is 30.3 Å². The average Bonchev–Trinajstić information content (AvgIpc) is 2.97. The molecule has 114 valence electrons. The molecule has 1 aromatic rings. The Balaban J connectivity index is 2.07. The number of amides is 1. The number of carboxylic acid groups (broad SMARTS) is 1. The Morgan fingerprint density at radius 2 is 1.86 bits per heavy atom. The van der Waals surface area contributed by atoms with Crippen LogP contribution in [-0.4, -0.2) is 27.9 Å². The zero-order chi connectivity index (χ0) is 15.2. The van der Waals surface area contributed by atoms with Crippen LogP contribution in [0, 0.1) is 5.92 Å². The van der Waals surface area contributed by atoms with Crippen LogP contribution in [0.5, 0.6) is 0 Å². The molecular formula is C17H23NO3. The number of nitrogens with zero attached hydrogens (tertiary/aromatic N) is 1. The number of carboxylic acids is 1. The molecule has 1 saturated carbocycles. The monoisotopic (exact) mass is 289 g/mol. The number of carbonyl (C=O) groups excluding carboxylic acids is 1. The molecule has 0 aromatic heterocycles. The Bertz CT molecular complexity index is 480. The van der Waals surface area contributed by atoms with E-state index < -0.39 is 12.0 Å². The van der Waals surface area contributed by atoms with Crippen LogP contribution in [0.2, 0.25) is 0 Å². The first kappa shape index (κ1) is 15.5. The van der Waals surface area contributed by atoms with Crippen molar-refractivity contribution in [3.63, 3.8) is 0 Å². The molecule has 1 aromatic carbocycles. The summed E-state index contributed by atoms with van der Waals surface area (Å²) in [5.74, 6) is -0.567. The molecule has 0 saturated heterocycles. The van der Waals surface area contributed by atoms with Gasteiger partial charge >= 0.3 is 5.97 Å². The minimum atomic E-state index is -0.953. The van der Waals surface area contributed by atoms with Crippen molar-refractivity contribution in [2.75, 3.05) is 0 Å². The lowest BCUT2D eigenvalue weighted by Crippen LogP contribution is -2.43. The zero-order valence-corrected chi connectivity index (χ0v) is 12.5. The van der Waals surface area contributed by atoms with Gasteiger partial charge in [0.05, 0.1) is 0 Å². The van der Waals surface area contributed by atoms with E-state index in [9.17, 15) is 14.7 Å². The van der Waals surface area contributed by atoms with Gasteiger partial charge in [0, 0.05) is 13.0 Å². The van der Waals surface area contributed by atoms with E-state index in [0.29, 0.717) is 18.9 Å². The van der Waals surface area contributed by atoms with Crippen LogP contribution in [0.25, 0.3) is 0 Å². The van der Waals surface area contributed by atoms with Gasteiger partial charge in [0.25, 0.3) is 0 Å². The van der Waals surface area contributed by atoms with Crippen molar-refractivity contribution >= 4 is 11.9 Å². The highest BCUT2D eigenvalue weighted by Crippen LogP contribution is 2.28. The van der Waals surface area contributed by atoms with Gasteiger partial charge in [-0.25, -0.2) is 4.79 Å². The highest BCUT2D eigenvalue weighted by atomic mass is 16.4. The van der Waals surface area contributed by atoms with E-state index in [2.05, 4.69) is 0 Å². The summed E-state index contributed by atoms with van der Waals surface area (Å²) < 4.78 is 0. The van der Waals surface area contributed by atoms with Crippen LogP contribution in [0.3, 0.4) is 0 Å². The molecule has 1 N–H and O–H groups in total. The average molecular weight is 289 g/mol. The summed E-state index contributed by atoms with van der Waals surface area (Å²) in [6.45, 7) is 1.94. The Morgan fingerprint density at radius 3 is 2.43 bits per heavy atom. The second kappa shape index (κ2) is 7.25. The van der Waals surface area contributed by atoms with Crippen molar-refractivity contribution in [3.8, 4) is 0 Å². The second-order valence-corrected chi connectivity index (χ2v) is 5.88. The maximum Gasteiger partial charge on any atom is 0.326 e. The minimum Gasteiger partial charge on any atom is -0.480 e. The number of hydrogen-bond acceptors (Lipinski definition) is 2. The molecule has 1 unspecified atom stereocenters. The Morgan fingerprint density at radius 1 is 1.24 bits per heavy atom. The summed E-state index contributed by atoms with van der Waals surface area (Å²) in [5, 5.41) is 9.25. The van der Waals surface area contributed by atoms with Gasteiger partial charge in [-0.3, -0.25) is 4.79 Å². The van der Waals surface area contributed by atoms with E-state index in [0.717, 1.165) is 18.4 Å². The van der Waals surface area contributed by atoms with E-state index in [4.69, 9.17) is 0 Å². The summed E-state index contributed by atoms with van der Waals surface area (Å²) >= 11 is 0. The largest absolute Gasteiger partial charge is 0.480 e. The van der Waals surface area contributed by atoms with Crippen LogP contribution in [0.4, 0.5) is 0 Å². The predicted octanol–water partition coefficient (Wildman–Crippen LogP) is 3.07. The first-order valence-corrected chi connectivity index (χ1v) is 7.64. The Kier molecular flexibility index (Phi) is 5.37. The van der Waals surface area contributed by atoms with Gasteiger partial charge in [-0.15, -0.1) is 0 Å². The van der Waals surface area contributed by atoms with Crippen LogP contribution in [-0.2, 0) is 16.1 Å². The highest BCUT2D eigenvalue weighted by Gasteiger charge is 2.28. The lowest BCUT2D eigenvalue weighted by Gasteiger charge is -2.28. The van der Waals surface area contributed by atoms with Gasteiger partial charge in [-0.2, -0.15) is 0 Å². The van der Waals surface area contributed by atoms with Crippen LogP contribution in [0.1, 0.15) is 44.6 Å². The molecule has 1 aliphatic rings. The molecule has 0 heterocycles. The quantitative estimate of drug-likeness (QED) is 0.875. The first-order chi connectivity index (χ1) is 10.1. The molecule has 0 spiro atoms. The number of aliphatic carboxylic acids is 1.